The van der Waals surface area contributed by atoms with Gasteiger partial charge in [-0.15, -0.1) is 11.6 Å². The molecule has 0 aromatic heterocycles. The molecule has 40 heavy (non-hydrogen) atoms. The molecule has 7 heteroatoms. The maximum Gasteiger partial charge on any atom is 2.00 e. The molecule has 0 aliphatic rings. The van der Waals surface area contributed by atoms with E-state index in [1.807, 2.05) is 43.3 Å². The summed E-state index contributed by atoms with van der Waals surface area (Å²) in [7, 11) is -3.90. The minimum absolute atomic E-state index is 0. The molecular weight excluding hydrogens is 625 g/mol. The summed E-state index contributed by atoms with van der Waals surface area (Å²) in [5.74, 6) is 0. The summed E-state index contributed by atoms with van der Waals surface area (Å²) in [6.45, 7) is 15.2. The molecule has 4 rings (SSSR count). The van der Waals surface area contributed by atoms with Crippen LogP contribution in [0.4, 0.5) is 0 Å². The van der Waals surface area contributed by atoms with E-state index < -0.39 is 21.1 Å². The standard InChI is InChI=1S/C21H21ClN2O2S.C12H18.Ru/c1-16-12-14-19(15-13-16)27(25,26)24-21(23,18-10-6-3-7-11-18)20(22)17-8-4-2-5-9-17;1-7-8(2)10(4)12(6)11(5)9(7)3;/h2-15,20,24H,23H2,1H3;1-6H3;/q;;+2/t20-,21-;;/m1../s1. The molecule has 0 fully saturated rings. The smallest absolute Gasteiger partial charge is 0.307 e. The van der Waals surface area contributed by atoms with Crippen LogP contribution in [0, 0.1) is 48.5 Å². The van der Waals surface area contributed by atoms with Gasteiger partial charge in [-0.1, -0.05) is 78.4 Å². The summed E-state index contributed by atoms with van der Waals surface area (Å²) in [5.41, 5.74) is 16.1. The number of nitrogens with two attached hydrogens (primary N) is 1. The average molecular weight is 664 g/mol. The zero-order valence-corrected chi connectivity index (χ0v) is 27.5. The van der Waals surface area contributed by atoms with E-state index in [-0.39, 0.29) is 24.4 Å². The first-order valence-corrected chi connectivity index (χ1v) is 14.9. The number of benzene rings is 4. The van der Waals surface area contributed by atoms with Crippen molar-refractivity contribution in [3.8, 4) is 0 Å². The minimum atomic E-state index is -3.90. The predicted molar refractivity (Wildman–Crippen MR) is 164 cm³/mol. The second-order valence-corrected chi connectivity index (χ2v) is 12.3. The third-order valence-corrected chi connectivity index (χ3v) is 9.85. The fourth-order valence-electron chi connectivity index (χ4n) is 4.54. The van der Waals surface area contributed by atoms with Gasteiger partial charge in [0.2, 0.25) is 10.0 Å². The number of hydrogen-bond donors (Lipinski definition) is 2. The van der Waals surface area contributed by atoms with Gasteiger partial charge in [-0.05, 0) is 105 Å². The first-order chi connectivity index (χ1) is 18.3. The van der Waals surface area contributed by atoms with Crippen molar-refractivity contribution in [2.75, 3.05) is 0 Å². The molecule has 4 aromatic carbocycles. The van der Waals surface area contributed by atoms with Gasteiger partial charge in [0.1, 0.15) is 5.66 Å². The molecule has 0 heterocycles. The third kappa shape index (κ3) is 7.49. The van der Waals surface area contributed by atoms with Crippen molar-refractivity contribution in [3.63, 3.8) is 0 Å². The Morgan fingerprint density at radius 3 is 1.43 bits per heavy atom. The van der Waals surface area contributed by atoms with Gasteiger partial charge in [0.25, 0.3) is 0 Å². The van der Waals surface area contributed by atoms with Crippen LogP contribution < -0.4 is 10.5 Å². The third-order valence-electron chi connectivity index (χ3n) is 7.75. The first-order valence-electron chi connectivity index (χ1n) is 13.0. The van der Waals surface area contributed by atoms with Crippen molar-refractivity contribution in [1.29, 1.82) is 0 Å². The van der Waals surface area contributed by atoms with Crippen molar-refractivity contribution in [2.45, 2.75) is 64.4 Å². The Hall–Kier alpha value is -2.34. The van der Waals surface area contributed by atoms with E-state index in [1.165, 1.54) is 33.4 Å². The van der Waals surface area contributed by atoms with Gasteiger partial charge in [0, 0.05) is 0 Å². The van der Waals surface area contributed by atoms with E-state index in [1.54, 1.807) is 48.5 Å². The summed E-state index contributed by atoms with van der Waals surface area (Å²) in [6, 6.07) is 24.7. The van der Waals surface area contributed by atoms with E-state index in [2.05, 4.69) is 46.3 Å². The number of rotatable bonds is 6. The fourth-order valence-corrected chi connectivity index (χ4v) is 6.23. The van der Waals surface area contributed by atoms with E-state index in [4.69, 9.17) is 17.3 Å². The normalized spacial score (nSPS) is 13.3. The van der Waals surface area contributed by atoms with E-state index in [0.717, 1.165) is 11.1 Å². The van der Waals surface area contributed by atoms with Crippen molar-refractivity contribution < 1.29 is 27.9 Å². The topological polar surface area (TPSA) is 72.2 Å². The van der Waals surface area contributed by atoms with Crippen LogP contribution >= 0.6 is 11.6 Å². The number of hydrogen-bond acceptors (Lipinski definition) is 3. The van der Waals surface area contributed by atoms with E-state index in [0.29, 0.717) is 5.56 Å². The molecule has 0 unspecified atom stereocenters. The molecule has 3 N–H and O–H groups in total. The SMILES string of the molecule is Cc1c(C)c(C)c(C)c(C)c1C.Cc1ccc(S(=O)(=O)N[C@](N)(c2ccccc2)[C@H](Cl)c2ccccc2)cc1.[Ru+2]. The van der Waals surface area contributed by atoms with Gasteiger partial charge in [-0.2, -0.15) is 4.72 Å². The number of aryl methyl sites for hydroxylation is 1. The zero-order chi connectivity index (χ0) is 29.0. The Balaban J connectivity index is 0.000000363. The largest absolute Gasteiger partial charge is 2.00 e. The summed E-state index contributed by atoms with van der Waals surface area (Å²) in [5, 5.41) is -0.818. The molecule has 0 amide bonds. The number of nitrogens with one attached hydrogen (secondary N) is 1. The van der Waals surface area contributed by atoms with E-state index >= 15 is 0 Å². The Labute approximate surface area is 258 Å². The van der Waals surface area contributed by atoms with Gasteiger partial charge in [0.15, 0.2) is 0 Å². The Morgan fingerprint density at radius 2 is 1.02 bits per heavy atom. The molecule has 212 valence electrons. The Kier molecular flexibility index (Phi) is 11.9. The van der Waals surface area contributed by atoms with Crippen LogP contribution in [0.15, 0.2) is 89.8 Å². The van der Waals surface area contributed by atoms with Crippen LogP contribution in [0.5, 0.6) is 0 Å². The number of alkyl halides is 1. The molecule has 4 nitrogen and oxygen atoms in total. The monoisotopic (exact) mass is 664 g/mol. The maximum atomic E-state index is 13.0. The van der Waals surface area contributed by atoms with Gasteiger partial charge >= 0.3 is 19.5 Å². The second kappa shape index (κ2) is 14.0. The molecule has 0 saturated carbocycles. The summed E-state index contributed by atoms with van der Waals surface area (Å²) < 4.78 is 28.7. The molecule has 0 bridgehead atoms. The molecule has 2 atom stereocenters. The maximum absolute atomic E-state index is 13.0. The molecule has 0 aliphatic carbocycles. The fraction of sp³-hybridized carbons (Fsp3) is 0.273. The summed E-state index contributed by atoms with van der Waals surface area (Å²) >= 11 is 6.71. The van der Waals surface area contributed by atoms with Crippen LogP contribution in [0.25, 0.3) is 0 Å². The molecule has 0 spiro atoms. The van der Waals surface area contributed by atoms with Crippen LogP contribution in [0.3, 0.4) is 0 Å². The van der Waals surface area contributed by atoms with Gasteiger partial charge in [-0.3, -0.25) is 0 Å². The second-order valence-electron chi connectivity index (χ2n) is 10.2. The molecule has 0 saturated heterocycles. The summed E-state index contributed by atoms with van der Waals surface area (Å²) in [4.78, 5) is 0.135. The van der Waals surface area contributed by atoms with Crippen LogP contribution in [0.2, 0.25) is 0 Å². The number of halogens is 1. The average Bonchev–Trinajstić information content (AvgIpc) is 2.95. The van der Waals surface area contributed by atoms with Gasteiger partial charge in [0.05, 0.1) is 10.3 Å². The Bertz CT molecular complexity index is 1420. The van der Waals surface area contributed by atoms with Crippen LogP contribution in [-0.4, -0.2) is 8.42 Å². The van der Waals surface area contributed by atoms with Crippen LogP contribution in [0.1, 0.15) is 55.4 Å². The molecule has 4 aromatic rings. The molecule has 0 aliphatic heterocycles. The van der Waals surface area contributed by atoms with Gasteiger partial charge in [-0.25, -0.2) is 8.42 Å². The van der Waals surface area contributed by atoms with E-state index in [9.17, 15) is 8.42 Å². The predicted octanol–water partition coefficient (Wildman–Crippen LogP) is 7.60. The zero-order valence-electron chi connectivity index (χ0n) is 24.2. The van der Waals surface area contributed by atoms with Gasteiger partial charge < -0.3 is 5.73 Å². The van der Waals surface area contributed by atoms with Crippen LogP contribution in [-0.2, 0) is 35.2 Å². The van der Waals surface area contributed by atoms with Crippen molar-refractivity contribution in [3.05, 3.63) is 135 Å². The van der Waals surface area contributed by atoms with Crippen molar-refractivity contribution in [1.82, 2.24) is 4.72 Å². The molecular formula is C33H39ClN2O2RuS+2. The summed E-state index contributed by atoms with van der Waals surface area (Å²) in [6.07, 6.45) is 0. The number of sulfonamides is 1. The minimum Gasteiger partial charge on any atom is -0.307 e. The molecule has 0 radical (unpaired) electrons. The quantitative estimate of drug-likeness (QED) is 0.127. The van der Waals surface area contributed by atoms with Crippen molar-refractivity contribution in [2.24, 2.45) is 5.73 Å². The Morgan fingerprint density at radius 1 is 0.650 bits per heavy atom. The van der Waals surface area contributed by atoms with Crippen molar-refractivity contribution >= 4 is 21.6 Å². The first kappa shape index (κ1) is 33.9.